The van der Waals surface area contributed by atoms with E-state index in [0.717, 1.165) is 0 Å². The van der Waals surface area contributed by atoms with E-state index in [1.165, 1.54) is 32.8 Å². The van der Waals surface area contributed by atoms with Crippen molar-refractivity contribution in [2.75, 3.05) is 0 Å². The third-order valence-electron chi connectivity index (χ3n) is 2.54. The van der Waals surface area contributed by atoms with Crippen molar-refractivity contribution in [1.29, 1.82) is 0 Å². The Morgan fingerprint density at radius 1 is 1.41 bits per heavy atom. The summed E-state index contributed by atoms with van der Waals surface area (Å²) >= 11 is 0. The fourth-order valence-electron chi connectivity index (χ4n) is 1.56. The van der Waals surface area contributed by atoms with Crippen LogP contribution < -0.4 is 10.1 Å². The van der Waals surface area contributed by atoms with E-state index in [4.69, 9.17) is 4.74 Å². The average Bonchev–Trinajstić information content (AvgIpc) is 2.97. The van der Waals surface area contributed by atoms with Gasteiger partial charge in [0.1, 0.15) is 11.6 Å². The van der Waals surface area contributed by atoms with Gasteiger partial charge in [0.2, 0.25) is 5.85 Å². The maximum Gasteiger partial charge on any atom is 0.242 e. The van der Waals surface area contributed by atoms with Crippen molar-refractivity contribution >= 4 is 0 Å². The monoisotopic (exact) mass is 241 g/mol. The number of ether oxygens (including phenoxy) is 1. The number of hydrogen-bond acceptors (Lipinski definition) is 2. The van der Waals surface area contributed by atoms with Crippen LogP contribution in [0.4, 0.5) is 8.78 Å². The zero-order valence-corrected chi connectivity index (χ0v) is 10.1. The van der Waals surface area contributed by atoms with Gasteiger partial charge in [0, 0.05) is 38.1 Å². The lowest BCUT2D eigenvalue weighted by atomic mass is 10.2. The molecule has 1 aromatic rings. The molecule has 0 spiro atoms. The third-order valence-corrected chi connectivity index (χ3v) is 2.54. The maximum atomic E-state index is 13.7. The van der Waals surface area contributed by atoms with E-state index in [-0.39, 0.29) is 11.6 Å². The van der Waals surface area contributed by atoms with Gasteiger partial charge in [-0.2, -0.15) is 4.39 Å². The summed E-state index contributed by atoms with van der Waals surface area (Å²) in [5, 5.41) is 3.23. The molecule has 4 heteroatoms. The van der Waals surface area contributed by atoms with E-state index in [0.29, 0.717) is 18.2 Å². The van der Waals surface area contributed by atoms with Gasteiger partial charge in [0.05, 0.1) is 0 Å². The van der Waals surface area contributed by atoms with Crippen molar-refractivity contribution in [3.63, 3.8) is 0 Å². The smallest absolute Gasteiger partial charge is 0.242 e. The van der Waals surface area contributed by atoms with Crippen LogP contribution in [-0.2, 0) is 6.54 Å². The Morgan fingerprint density at radius 2 is 2.12 bits per heavy atom. The number of rotatable bonds is 5. The molecule has 0 amide bonds. The molecule has 1 saturated carbocycles. The van der Waals surface area contributed by atoms with E-state index in [1.54, 1.807) is 12.1 Å². The molecule has 0 saturated heterocycles. The SMILES string of the molecule is CC(C)(F)Oc1ccc(CNC2CC2)c(F)c1. The minimum absolute atomic E-state index is 0.213. The first-order chi connectivity index (χ1) is 7.94. The highest BCUT2D eigenvalue weighted by Crippen LogP contribution is 2.23. The summed E-state index contributed by atoms with van der Waals surface area (Å²) < 4.78 is 31.8. The van der Waals surface area contributed by atoms with Crippen LogP contribution in [0.15, 0.2) is 18.2 Å². The minimum Gasteiger partial charge on any atom is -0.458 e. The topological polar surface area (TPSA) is 21.3 Å². The molecule has 1 fully saturated rings. The van der Waals surface area contributed by atoms with Crippen molar-refractivity contribution < 1.29 is 13.5 Å². The van der Waals surface area contributed by atoms with Crippen LogP contribution in [0.25, 0.3) is 0 Å². The summed E-state index contributed by atoms with van der Waals surface area (Å²) in [6.45, 7) is 3.08. The van der Waals surface area contributed by atoms with E-state index in [9.17, 15) is 8.78 Å². The molecule has 0 unspecified atom stereocenters. The molecule has 1 aliphatic rings. The van der Waals surface area contributed by atoms with Crippen LogP contribution in [0, 0.1) is 5.82 Å². The highest BCUT2D eigenvalue weighted by Gasteiger charge is 2.21. The molecule has 0 aromatic heterocycles. The second-order valence-corrected chi connectivity index (χ2v) is 4.87. The van der Waals surface area contributed by atoms with E-state index in [1.807, 2.05) is 0 Å². The minimum atomic E-state index is -1.79. The summed E-state index contributed by atoms with van der Waals surface area (Å²) in [6, 6.07) is 4.99. The van der Waals surface area contributed by atoms with Crippen molar-refractivity contribution in [1.82, 2.24) is 5.32 Å². The third kappa shape index (κ3) is 3.97. The largest absolute Gasteiger partial charge is 0.458 e. The summed E-state index contributed by atoms with van der Waals surface area (Å²) in [5.41, 5.74) is 0.584. The number of benzene rings is 1. The Kier molecular flexibility index (Phi) is 3.33. The van der Waals surface area contributed by atoms with Crippen molar-refractivity contribution in [2.45, 2.75) is 45.1 Å². The van der Waals surface area contributed by atoms with Crippen LogP contribution >= 0.6 is 0 Å². The standard InChI is InChI=1S/C13H17F2NO/c1-13(2,15)17-11-6-3-9(12(14)7-11)8-16-10-4-5-10/h3,6-7,10,16H,4-5,8H2,1-2H3. The van der Waals surface area contributed by atoms with Crippen LogP contribution in [0.2, 0.25) is 0 Å². The molecule has 0 bridgehead atoms. The van der Waals surface area contributed by atoms with Crippen LogP contribution in [0.5, 0.6) is 5.75 Å². The first kappa shape index (κ1) is 12.3. The molecule has 0 atom stereocenters. The molecule has 0 heterocycles. The van der Waals surface area contributed by atoms with Gasteiger partial charge in [-0.1, -0.05) is 6.07 Å². The van der Waals surface area contributed by atoms with Gasteiger partial charge >= 0.3 is 0 Å². The lowest BCUT2D eigenvalue weighted by molar-refractivity contribution is -0.0259. The lowest BCUT2D eigenvalue weighted by Gasteiger charge is -2.17. The van der Waals surface area contributed by atoms with Gasteiger partial charge < -0.3 is 10.1 Å². The molecular weight excluding hydrogens is 224 g/mol. The zero-order valence-electron chi connectivity index (χ0n) is 10.1. The molecule has 0 aliphatic heterocycles. The van der Waals surface area contributed by atoms with Crippen molar-refractivity contribution in [2.24, 2.45) is 0 Å². The zero-order chi connectivity index (χ0) is 12.5. The Bertz CT molecular complexity index is 397. The average molecular weight is 241 g/mol. The molecule has 1 N–H and O–H groups in total. The molecule has 1 aromatic carbocycles. The van der Waals surface area contributed by atoms with Crippen molar-refractivity contribution in [3.05, 3.63) is 29.6 Å². The number of nitrogens with one attached hydrogen (secondary N) is 1. The molecule has 0 radical (unpaired) electrons. The van der Waals surface area contributed by atoms with E-state index < -0.39 is 5.85 Å². The molecular formula is C13H17F2NO. The first-order valence-electron chi connectivity index (χ1n) is 5.84. The second-order valence-electron chi connectivity index (χ2n) is 4.87. The van der Waals surface area contributed by atoms with Gasteiger partial charge in [-0.3, -0.25) is 0 Å². The predicted molar refractivity (Wildman–Crippen MR) is 62.1 cm³/mol. The van der Waals surface area contributed by atoms with Gasteiger partial charge in [0.25, 0.3) is 0 Å². The van der Waals surface area contributed by atoms with Gasteiger partial charge in [-0.05, 0) is 18.9 Å². The summed E-state index contributed by atoms with van der Waals surface area (Å²) in [5.74, 6) is -1.94. The van der Waals surface area contributed by atoms with Crippen LogP contribution in [0.1, 0.15) is 32.3 Å². The Balaban J connectivity index is 1.99. The van der Waals surface area contributed by atoms with Gasteiger partial charge in [-0.25, -0.2) is 4.39 Å². The Hall–Kier alpha value is -1.16. The highest BCUT2D eigenvalue weighted by molar-refractivity contribution is 5.29. The van der Waals surface area contributed by atoms with Gasteiger partial charge in [-0.15, -0.1) is 0 Å². The van der Waals surface area contributed by atoms with E-state index in [2.05, 4.69) is 5.32 Å². The second kappa shape index (κ2) is 4.61. The number of alkyl halides is 1. The van der Waals surface area contributed by atoms with Crippen LogP contribution in [0.3, 0.4) is 0 Å². The molecule has 2 rings (SSSR count). The summed E-state index contributed by atoms with van der Waals surface area (Å²) in [6.07, 6.45) is 2.33. The molecule has 94 valence electrons. The quantitative estimate of drug-likeness (QED) is 0.855. The molecule has 2 nitrogen and oxygen atoms in total. The fourth-order valence-corrected chi connectivity index (χ4v) is 1.56. The molecule has 17 heavy (non-hydrogen) atoms. The summed E-state index contributed by atoms with van der Waals surface area (Å²) in [7, 11) is 0. The fraction of sp³-hybridized carbons (Fsp3) is 0.538. The Labute approximate surface area is 100.0 Å². The predicted octanol–water partition coefficient (Wildman–Crippen LogP) is 3.16. The maximum absolute atomic E-state index is 13.7. The number of halogens is 2. The Morgan fingerprint density at radius 3 is 2.65 bits per heavy atom. The van der Waals surface area contributed by atoms with Crippen molar-refractivity contribution in [3.8, 4) is 5.75 Å². The highest BCUT2D eigenvalue weighted by atomic mass is 19.2. The van der Waals surface area contributed by atoms with Crippen LogP contribution in [-0.4, -0.2) is 11.9 Å². The molecule has 1 aliphatic carbocycles. The number of hydrogen-bond donors (Lipinski definition) is 1. The lowest BCUT2D eigenvalue weighted by Crippen LogP contribution is -2.21. The normalized spacial score (nSPS) is 16.0. The summed E-state index contributed by atoms with van der Waals surface area (Å²) in [4.78, 5) is 0. The van der Waals surface area contributed by atoms with E-state index >= 15 is 0 Å². The van der Waals surface area contributed by atoms with Gasteiger partial charge in [0.15, 0.2) is 0 Å². The first-order valence-corrected chi connectivity index (χ1v) is 5.84.